The highest BCUT2D eigenvalue weighted by atomic mass is 32.1. The summed E-state index contributed by atoms with van der Waals surface area (Å²) in [6.45, 7) is 5.97. The highest BCUT2D eigenvalue weighted by Crippen LogP contribution is 2.22. The van der Waals surface area contributed by atoms with E-state index in [4.69, 9.17) is 0 Å². The maximum atomic E-state index is 4.63. The van der Waals surface area contributed by atoms with Gasteiger partial charge in [-0.3, -0.25) is 0 Å². The number of aryl methyl sites for hydroxylation is 2. The van der Waals surface area contributed by atoms with Gasteiger partial charge in [0.1, 0.15) is 5.01 Å². The van der Waals surface area contributed by atoms with Crippen LogP contribution in [0.3, 0.4) is 0 Å². The van der Waals surface area contributed by atoms with Gasteiger partial charge in [-0.25, -0.2) is 4.98 Å². The van der Waals surface area contributed by atoms with Crippen LogP contribution in [0.4, 0.5) is 0 Å². The standard InChI is InChI=1S/C16H19N3S/c1-11-12(2)20-16(18-11)10-19-7-6-14-8-13(9-17-3)4-5-15(14)19/h4-8,17H,9-10H2,1-3H3. The number of rotatable bonds is 4. The van der Waals surface area contributed by atoms with Crippen molar-refractivity contribution in [3.63, 3.8) is 0 Å². The first-order valence-electron chi connectivity index (χ1n) is 6.82. The van der Waals surface area contributed by atoms with E-state index in [1.165, 1.54) is 26.4 Å². The first-order chi connectivity index (χ1) is 9.67. The van der Waals surface area contributed by atoms with Gasteiger partial charge in [-0.2, -0.15) is 0 Å². The number of aromatic nitrogens is 2. The van der Waals surface area contributed by atoms with E-state index in [9.17, 15) is 0 Å². The van der Waals surface area contributed by atoms with Crippen molar-refractivity contribution in [2.24, 2.45) is 0 Å². The molecular weight excluding hydrogens is 266 g/mol. The molecule has 0 spiro atoms. The van der Waals surface area contributed by atoms with E-state index in [0.717, 1.165) is 18.8 Å². The minimum absolute atomic E-state index is 0.855. The lowest BCUT2D eigenvalue weighted by molar-refractivity contribution is 0.815. The van der Waals surface area contributed by atoms with Gasteiger partial charge in [0.25, 0.3) is 0 Å². The summed E-state index contributed by atoms with van der Waals surface area (Å²) in [5.41, 5.74) is 3.74. The SMILES string of the molecule is CNCc1ccc2c(ccn2Cc2nc(C)c(C)s2)c1. The Labute approximate surface area is 123 Å². The van der Waals surface area contributed by atoms with Gasteiger partial charge in [0.2, 0.25) is 0 Å². The normalized spacial score (nSPS) is 11.3. The maximum absolute atomic E-state index is 4.63. The minimum Gasteiger partial charge on any atom is -0.341 e. The zero-order valence-corrected chi connectivity index (χ0v) is 12.9. The Morgan fingerprint density at radius 2 is 2.10 bits per heavy atom. The smallest absolute Gasteiger partial charge is 0.113 e. The van der Waals surface area contributed by atoms with Crippen LogP contribution in [0.5, 0.6) is 0 Å². The second-order valence-electron chi connectivity index (χ2n) is 5.12. The fourth-order valence-corrected chi connectivity index (χ4v) is 3.39. The van der Waals surface area contributed by atoms with Gasteiger partial charge in [-0.15, -0.1) is 11.3 Å². The number of benzene rings is 1. The lowest BCUT2D eigenvalue weighted by Gasteiger charge is -2.04. The van der Waals surface area contributed by atoms with Crippen LogP contribution in [-0.4, -0.2) is 16.6 Å². The zero-order chi connectivity index (χ0) is 14.1. The molecule has 0 aliphatic heterocycles. The predicted octanol–water partition coefficient (Wildman–Crippen LogP) is 3.48. The third-order valence-corrected chi connectivity index (χ3v) is 4.65. The van der Waals surface area contributed by atoms with Gasteiger partial charge in [-0.1, -0.05) is 6.07 Å². The summed E-state index contributed by atoms with van der Waals surface area (Å²) in [5, 5.41) is 5.66. The van der Waals surface area contributed by atoms with Gasteiger partial charge >= 0.3 is 0 Å². The van der Waals surface area contributed by atoms with Gasteiger partial charge in [0, 0.05) is 23.1 Å². The summed E-state index contributed by atoms with van der Waals surface area (Å²) in [4.78, 5) is 5.94. The van der Waals surface area contributed by atoms with Crippen molar-refractivity contribution >= 4 is 22.2 Å². The zero-order valence-electron chi connectivity index (χ0n) is 12.1. The van der Waals surface area contributed by atoms with Crippen molar-refractivity contribution in [1.82, 2.24) is 14.9 Å². The maximum Gasteiger partial charge on any atom is 0.113 e. The monoisotopic (exact) mass is 285 g/mol. The van der Waals surface area contributed by atoms with E-state index >= 15 is 0 Å². The van der Waals surface area contributed by atoms with E-state index in [0.29, 0.717) is 0 Å². The molecule has 0 aliphatic rings. The van der Waals surface area contributed by atoms with Crippen molar-refractivity contribution in [3.05, 3.63) is 51.6 Å². The minimum atomic E-state index is 0.855. The van der Waals surface area contributed by atoms with E-state index in [-0.39, 0.29) is 0 Å². The Kier molecular flexibility index (Phi) is 3.59. The second kappa shape index (κ2) is 5.38. The number of hydrogen-bond donors (Lipinski definition) is 1. The number of hydrogen-bond acceptors (Lipinski definition) is 3. The first kappa shape index (κ1) is 13.3. The van der Waals surface area contributed by atoms with Crippen LogP contribution in [0.15, 0.2) is 30.5 Å². The van der Waals surface area contributed by atoms with Crippen LogP contribution < -0.4 is 5.32 Å². The molecule has 0 aliphatic carbocycles. The summed E-state index contributed by atoms with van der Waals surface area (Å²) in [6.07, 6.45) is 2.15. The third-order valence-electron chi connectivity index (χ3n) is 3.59. The van der Waals surface area contributed by atoms with Crippen molar-refractivity contribution < 1.29 is 0 Å². The number of nitrogens with zero attached hydrogens (tertiary/aromatic N) is 2. The molecule has 0 unspecified atom stereocenters. The highest BCUT2D eigenvalue weighted by molar-refractivity contribution is 7.11. The summed E-state index contributed by atoms with van der Waals surface area (Å²) in [6, 6.07) is 8.82. The molecule has 0 saturated carbocycles. The van der Waals surface area contributed by atoms with E-state index in [2.05, 4.69) is 59.2 Å². The van der Waals surface area contributed by atoms with Gasteiger partial charge in [0.05, 0.1) is 12.2 Å². The van der Waals surface area contributed by atoms with E-state index in [1.807, 2.05) is 7.05 Å². The largest absolute Gasteiger partial charge is 0.341 e. The molecule has 3 nitrogen and oxygen atoms in total. The number of nitrogens with one attached hydrogen (secondary N) is 1. The molecule has 0 radical (unpaired) electrons. The molecule has 0 saturated heterocycles. The third kappa shape index (κ3) is 2.49. The molecule has 0 fully saturated rings. The molecule has 0 bridgehead atoms. The van der Waals surface area contributed by atoms with Crippen LogP contribution in [-0.2, 0) is 13.1 Å². The Bertz CT molecular complexity index is 720. The Morgan fingerprint density at radius 3 is 2.80 bits per heavy atom. The molecular formula is C16H19N3S. The van der Waals surface area contributed by atoms with Gasteiger partial charge < -0.3 is 9.88 Å². The summed E-state index contributed by atoms with van der Waals surface area (Å²) >= 11 is 1.79. The molecule has 0 amide bonds. The van der Waals surface area contributed by atoms with Crippen LogP contribution in [0.2, 0.25) is 0 Å². The lowest BCUT2D eigenvalue weighted by Crippen LogP contribution is -2.04. The quantitative estimate of drug-likeness (QED) is 0.795. The van der Waals surface area contributed by atoms with Crippen LogP contribution >= 0.6 is 11.3 Å². The highest BCUT2D eigenvalue weighted by Gasteiger charge is 2.07. The Hall–Kier alpha value is -1.65. The molecule has 1 aromatic carbocycles. The Morgan fingerprint density at radius 1 is 1.25 bits per heavy atom. The predicted molar refractivity (Wildman–Crippen MR) is 85.4 cm³/mol. The molecule has 2 heterocycles. The van der Waals surface area contributed by atoms with Crippen LogP contribution in [0.1, 0.15) is 21.1 Å². The molecule has 1 N–H and O–H groups in total. The molecule has 2 aromatic heterocycles. The van der Waals surface area contributed by atoms with Gasteiger partial charge in [0.15, 0.2) is 0 Å². The number of fused-ring (bicyclic) bond motifs is 1. The lowest BCUT2D eigenvalue weighted by atomic mass is 10.1. The molecule has 4 heteroatoms. The van der Waals surface area contributed by atoms with Gasteiger partial charge in [-0.05, 0) is 50.0 Å². The molecule has 0 atom stereocenters. The molecule has 3 aromatic rings. The van der Waals surface area contributed by atoms with E-state index in [1.54, 1.807) is 11.3 Å². The van der Waals surface area contributed by atoms with Crippen molar-refractivity contribution in [2.75, 3.05) is 7.05 Å². The fourth-order valence-electron chi connectivity index (χ4n) is 2.45. The second-order valence-corrected chi connectivity index (χ2v) is 6.40. The number of thiazole rings is 1. The van der Waals surface area contributed by atoms with Crippen LogP contribution in [0.25, 0.3) is 10.9 Å². The van der Waals surface area contributed by atoms with Crippen molar-refractivity contribution in [3.8, 4) is 0 Å². The Balaban J connectivity index is 1.92. The summed E-state index contributed by atoms with van der Waals surface area (Å²) in [5.74, 6) is 0. The molecule has 3 rings (SSSR count). The fraction of sp³-hybridized carbons (Fsp3) is 0.312. The van der Waals surface area contributed by atoms with Crippen molar-refractivity contribution in [2.45, 2.75) is 26.9 Å². The van der Waals surface area contributed by atoms with E-state index < -0.39 is 0 Å². The summed E-state index contributed by atoms with van der Waals surface area (Å²) in [7, 11) is 1.97. The average molecular weight is 285 g/mol. The average Bonchev–Trinajstić information content (AvgIpc) is 2.95. The summed E-state index contributed by atoms with van der Waals surface area (Å²) < 4.78 is 2.27. The van der Waals surface area contributed by atoms with Crippen molar-refractivity contribution in [1.29, 1.82) is 0 Å². The first-order valence-corrected chi connectivity index (χ1v) is 7.64. The van der Waals surface area contributed by atoms with Crippen LogP contribution in [0, 0.1) is 13.8 Å². The molecule has 104 valence electrons. The topological polar surface area (TPSA) is 29.9 Å². The molecule has 20 heavy (non-hydrogen) atoms.